The lowest BCUT2D eigenvalue weighted by Crippen LogP contribution is -2.13. The van der Waals surface area contributed by atoms with Crippen LogP contribution in [0.3, 0.4) is 0 Å². The van der Waals surface area contributed by atoms with E-state index in [0.717, 1.165) is 10.9 Å². The zero-order valence-corrected chi connectivity index (χ0v) is 15.5. The van der Waals surface area contributed by atoms with Crippen LogP contribution >= 0.6 is 11.3 Å². The number of amides is 1. The third-order valence-electron chi connectivity index (χ3n) is 4.01. The second-order valence-corrected chi connectivity index (χ2v) is 6.87. The summed E-state index contributed by atoms with van der Waals surface area (Å²) in [5.74, 6) is 0.364. The first-order valence-electron chi connectivity index (χ1n) is 8.19. The molecule has 0 radical (unpaired) electrons. The molecule has 0 bridgehead atoms. The SMILES string of the molecule is COCc1nnc(NC(=O)c2cnn(-c3ccc4ccccc4n3)c2C)s1. The van der Waals surface area contributed by atoms with E-state index >= 15 is 0 Å². The van der Waals surface area contributed by atoms with Crippen LogP contribution in [0.4, 0.5) is 5.13 Å². The highest BCUT2D eigenvalue weighted by Crippen LogP contribution is 2.20. The molecule has 0 aliphatic rings. The number of carbonyl (C=O) groups is 1. The molecule has 3 aromatic heterocycles. The van der Waals surface area contributed by atoms with Crippen LogP contribution in [-0.2, 0) is 11.3 Å². The zero-order valence-electron chi connectivity index (χ0n) is 14.7. The van der Waals surface area contributed by atoms with Gasteiger partial charge in [-0.2, -0.15) is 5.10 Å². The number of nitrogens with one attached hydrogen (secondary N) is 1. The molecule has 0 saturated carbocycles. The number of fused-ring (bicyclic) bond motifs is 1. The maximum absolute atomic E-state index is 12.6. The highest BCUT2D eigenvalue weighted by Gasteiger charge is 2.17. The predicted octanol–water partition coefficient (Wildman–Crippen LogP) is 2.98. The van der Waals surface area contributed by atoms with Gasteiger partial charge in [0.25, 0.3) is 5.91 Å². The number of carbonyl (C=O) groups excluding carboxylic acids is 1. The predicted molar refractivity (Wildman–Crippen MR) is 102 cm³/mol. The molecule has 1 amide bonds. The van der Waals surface area contributed by atoms with E-state index in [9.17, 15) is 4.79 Å². The molecule has 8 nitrogen and oxygen atoms in total. The standard InChI is InChI=1S/C18H16N6O2S/c1-11-13(17(25)21-18-23-22-16(27-18)10-26-2)9-19-24(11)15-8-7-12-5-3-4-6-14(12)20-15/h3-9H,10H2,1-2H3,(H,21,23,25). The summed E-state index contributed by atoms with van der Waals surface area (Å²) in [4.78, 5) is 17.2. The molecular formula is C18H16N6O2S. The summed E-state index contributed by atoms with van der Waals surface area (Å²) in [6.07, 6.45) is 1.53. The van der Waals surface area contributed by atoms with Gasteiger partial charge in [0.1, 0.15) is 11.6 Å². The van der Waals surface area contributed by atoms with Crippen molar-refractivity contribution in [3.8, 4) is 5.82 Å². The first kappa shape index (κ1) is 17.3. The van der Waals surface area contributed by atoms with Crippen molar-refractivity contribution in [3.05, 3.63) is 58.9 Å². The molecule has 1 aromatic carbocycles. The van der Waals surface area contributed by atoms with Gasteiger partial charge in [0, 0.05) is 12.5 Å². The normalized spacial score (nSPS) is 11.0. The van der Waals surface area contributed by atoms with Crippen molar-refractivity contribution in [2.24, 2.45) is 0 Å². The maximum atomic E-state index is 12.6. The van der Waals surface area contributed by atoms with Gasteiger partial charge >= 0.3 is 0 Å². The van der Waals surface area contributed by atoms with Crippen LogP contribution < -0.4 is 5.32 Å². The number of hydrogen-bond acceptors (Lipinski definition) is 7. The molecule has 136 valence electrons. The molecule has 1 N–H and O–H groups in total. The molecular weight excluding hydrogens is 364 g/mol. The Morgan fingerprint density at radius 3 is 2.93 bits per heavy atom. The molecule has 0 unspecified atom stereocenters. The molecule has 4 rings (SSSR count). The smallest absolute Gasteiger partial charge is 0.260 e. The Labute approximate surface area is 158 Å². The van der Waals surface area contributed by atoms with Crippen LogP contribution in [0, 0.1) is 6.92 Å². The van der Waals surface area contributed by atoms with Crippen molar-refractivity contribution in [1.82, 2.24) is 25.0 Å². The number of rotatable bonds is 5. The summed E-state index contributed by atoms with van der Waals surface area (Å²) in [7, 11) is 1.58. The molecule has 4 aromatic rings. The largest absolute Gasteiger partial charge is 0.377 e. The van der Waals surface area contributed by atoms with Crippen LogP contribution in [0.2, 0.25) is 0 Å². The monoisotopic (exact) mass is 380 g/mol. The Hall–Kier alpha value is -3.17. The van der Waals surface area contributed by atoms with Crippen molar-refractivity contribution in [3.63, 3.8) is 0 Å². The van der Waals surface area contributed by atoms with Crippen LogP contribution in [0.25, 0.3) is 16.7 Å². The minimum absolute atomic E-state index is 0.292. The highest BCUT2D eigenvalue weighted by molar-refractivity contribution is 7.15. The summed E-state index contributed by atoms with van der Waals surface area (Å²) in [6, 6.07) is 11.7. The van der Waals surface area contributed by atoms with Gasteiger partial charge in [0.05, 0.1) is 23.0 Å². The lowest BCUT2D eigenvalue weighted by atomic mass is 10.2. The van der Waals surface area contributed by atoms with Crippen molar-refractivity contribution in [2.75, 3.05) is 12.4 Å². The summed E-state index contributed by atoms with van der Waals surface area (Å²) in [5.41, 5.74) is 2.01. The molecule has 0 aliphatic heterocycles. The van der Waals surface area contributed by atoms with Crippen molar-refractivity contribution in [1.29, 1.82) is 0 Å². The summed E-state index contributed by atoms with van der Waals surface area (Å²) in [6.45, 7) is 2.19. The van der Waals surface area contributed by atoms with Crippen LogP contribution in [0.15, 0.2) is 42.6 Å². The summed E-state index contributed by atoms with van der Waals surface area (Å²) in [5, 5.41) is 17.1. The molecule has 0 saturated heterocycles. The first-order valence-corrected chi connectivity index (χ1v) is 9.01. The Kier molecular flexibility index (Phi) is 4.61. The summed E-state index contributed by atoms with van der Waals surface area (Å²) >= 11 is 1.27. The van der Waals surface area contributed by atoms with Crippen LogP contribution in [0.5, 0.6) is 0 Å². The van der Waals surface area contributed by atoms with E-state index in [2.05, 4.69) is 25.6 Å². The number of aromatic nitrogens is 5. The number of hydrogen-bond donors (Lipinski definition) is 1. The van der Waals surface area contributed by atoms with E-state index in [-0.39, 0.29) is 5.91 Å². The molecule has 0 atom stereocenters. The summed E-state index contributed by atoms with van der Waals surface area (Å²) < 4.78 is 6.66. The fraction of sp³-hybridized carbons (Fsp3) is 0.167. The average Bonchev–Trinajstić information content (AvgIpc) is 3.28. The van der Waals surface area contributed by atoms with Gasteiger partial charge in [-0.25, -0.2) is 9.67 Å². The first-order chi connectivity index (χ1) is 13.2. The average molecular weight is 380 g/mol. The van der Waals surface area contributed by atoms with Crippen molar-refractivity contribution in [2.45, 2.75) is 13.5 Å². The highest BCUT2D eigenvalue weighted by atomic mass is 32.1. The Morgan fingerprint density at radius 2 is 2.07 bits per heavy atom. The van der Waals surface area contributed by atoms with Gasteiger partial charge in [-0.3, -0.25) is 10.1 Å². The second-order valence-electron chi connectivity index (χ2n) is 5.81. The minimum atomic E-state index is -0.292. The zero-order chi connectivity index (χ0) is 18.8. The fourth-order valence-corrected chi connectivity index (χ4v) is 3.39. The van der Waals surface area contributed by atoms with E-state index < -0.39 is 0 Å². The second kappa shape index (κ2) is 7.22. The van der Waals surface area contributed by atoms with Crippen molar-refractivity contribution < 1.29 is 9.53 Å². The number of ether oxygens (including phenoxy) is 1. The quantitative estimate of drug-likeness (QED) is 0.572. The molecule has 3 heterocycles. The Morgan fingerprint density at radius 1 is 1.22 bits per heavy atom. The van der Waals surface area contributed by atoms with Gasteiger partial charge in [-0.15, -0.1) is 10.2 Å². The molecule has 9 heteroatoms. The van der Waals surface area contributed by atoms with E-state index in [0.29, 0.717) is 33.8 Å². The number of benzene rings is 1. The van der Waals surface area contributed by atoms with Gasteiger partial charge in [0.15, 0.2) is 5.82 Å². The molecule has 0 aliphatic carbocycles. The lowest BCUT2D eigenvalue weighted by Gasteiger charge is -2.06. The lowest BCUT2D eigenvalue weighted by molar-refractivity contribution is 0.102. The number of nitrogens with zero attached hydrogens (tertiary/aromatic N) is 5. The topological polar surface area (TPSA) is 94.8 Å². The van der Waals surface area contributed by atoms with Gasteiger partial charge in [-0.1, -0.05) is 29.5 Å². The maximum Gasteiger partial charge on any atom is 0.260 e. The fourth-order valence-electron chi connectivity index (χ4n) is 2.69. The van der Waals surface area contributed by atoms with E-state index in [1.165, 1.54) is 17.5 Å². The van der Waals surface area contributed by atoms with Gasteiger partial charge in [-0.05, 0) is 25.1 Å². The van der Waals surface area contributed by atoms with Crippen molar-refractivity contribution >= 4 is 33.3 Å². The molecule has 27 heavy (non-hydrogen) atoms. The minimum Gasteiger partial charge on any atom is -0.377 e. The van der Waals surface area contributed by atoms with Gasteiger partial charge < -0.3 is 4.74 Å². The number of para-hydroxylation sites is 1. The Balaban J connectivity index is 1.59. The van der Waals surface area contributed by atoms with Crippen LogP contribution in [0.1, 0.15) is 21.1 Å². The number of pyridine rings is 1. The van der Waals surface area contributed by atoms with E-state index in [1.807, 2.05) is 43.3 Å². The number of methoxy groups -OCH3 is 1. The van der Waals surface area contributed by atoms with Crippen LogP contribution in [-0.4, -0.2) is 38.0 Å². The van der Waals surface area contributed by atoms with Gasteiger partial charge in [0.2, 0.25) is 5.13 Å². The van der Waals surface area contributed by atoms with E-state index in [1.54, 1.807) is 11.8 Å². The third-order valence-corrected chi connectivity index (χ3v) is 4.82. The van der Waals surface area contributed by atoms with E-state index in [4.69, 9.17) is 4.74 Å². The third kappa shape index (κ3) is 3.42. The number of anilines is 1. The molecule has 0 spiro atoms. The molecule has 0 fully saturated rings. The Bertz CT molecular complexity index is 1120.